The molecule has 0 bridgehead atoms. The average molecular weight is 525 g/mol. The first-order valence-corrected chi connectivity index (χ1v) is 9.99. The van der Waals surface area contributed by atoms with Crippen LogP contribution in [-0.2, 0) is 6.18 Å². The number of halogens is 6. The molecule has 0 aliphatic carbocycles. The molecule has 1 amide bonds. The molecule has 0 aliphatic heterocycles. The summed E-state index contributed by atoms with van der Waals surface area (Å²) in [6.07, 6.45) is -4.10. The second kappa shape index (κ2) is 9.04. The van der Waals surface area contributed by atoms with Gasteiger partial charge in [0.2, 0.25) is 11.2 Å². The number of aromatic hydroxyl groups is 1. The van der Waals surface area contributed by atoms with Gasteiger partial charge in [0.15, 0.2) is 23.1 Å². The molecule has 4 rings (SSSR count). The minimum atomic E-state index is -5.21. The highest BCUT2D eigenvalue weighted by molar-refractivity contribution is 6.04. The summed E-state index contributed by atoms with van der Waals surface area (Å²) in [7, 11) is 1.02. The van der Waals surface area contributed by atoms with Gasteiger partial charge in [0.1, 0.15) is 17.3 Å². The van der Waals surface area contributed by atoms with E-state index in [1.807, 2.05) is 0 Å². The van der Waals surface area contributed by atoms with Crippen LogP contribution in [0.25, 0.3) is 22.2 Å². The third-order valence-corrected chi connectivity index (χ3v) is 5.20. The largest absolute Gasteiger partial charge is 0.502 e. The molecule has 14 heteroatoms. The van der Waals surface area contributed by atoms with E-state index in [-0.39, 0.29) is 17.0 Å². The molecule has 8 nitrogen and oxygen atoms in total. The van der Waals surface area contributed by atoms with E-state index in [0.717, 1.165) is 19.4 Å². The fourth-order valence-electron chi connectivity index (χ4n) is 3.56. The van der Waals surface area contributed by atoms with Crippen LogP contribution >= 0.6 is 0 Å². The van der Waals surface area contributed by atoms with Crippen molar-refractivity contribution >= 4 is 16.8 Å². The normalized spacial score (nSPS) is 11.5. The van der Waals surface area contributed by atoms with Crippen molar-refractivity contribution in [2.45, 2.75) is 6.18 Å². The molecular formula is C23H13F6N3O5. The lowest BCUT2D eigenvalue weighted by Gasteiger charge is -2.18. The van der Waals surface area contributed by atoms with Crippen molar-refractivity contribution in [3.8, 4) is 34.3 Å². The van der Waals surface area contributed by atoms with E-state index >= 15 is 0 Å². The molecule has 2 aromatic carbocycles. The highest BCUT2D eigenvalue weighted by Gasteiger charge is 2.36. The Balaban J connectivity index is 2.06. The quantitative estimate of drug-likeness (QED) is 0.326. The van der Waals surface area contributed by atoms with Gasteiger partial charge in [-0.2, -0.15) is 17.6 Å². The smallest absolute Gasteiger partial charge is 0.419 e. The Kier molecular flexibility index (Phi) is 6.19. The number of carbonyl (C=O) groups is 1. The van der Waals surface area contributed by atoms with Crippen LogP contribution in [0.5, 0.6) is 23.0 Å². The van der Waals surface area contributed by atoms with Gasteiger partial charge in [0.05, 0.1) is 29.3 Å². The zero-order valence-electron chi connectivity index (χ0n) is 18.3. The van der Waals surface area contributed by atoms with E-state index < -0.39 is 80.5 Å². The molecule has 192 valence electrons. The van der Waals surface area contributed by atoms with Crippen molar-refractivity contribution in [1.29, 1.82) is 0 Å². The van der Waals surface area contributed by atoms with Gasteiger partial charge in [0.25, 0.3) is 5.91 Å². The lowest BCUT2D eigenvalue weighted by molar-refractivity contribution is -0.140. The summed E-state index contributed by atoms with van der Waals surface area (Å²) < 4.78 is 92.6. The molecule has 2 aromatic heterocycles. The highest BCUT2D eigenvalue weighted by atomic mass is 19.4. The third-order valence-electron chi connectivity index (χ3n) is 5.20. The van der Waals surface area contributed by atoms with Gasteiger partial charge < -0.3 is 25.3 Å². The van der Waals surface area contributed by atoms with Crippen molar-refractivity contribution in [2.24, 2.45) is 5.73 Å². The van der Waals surface area contributed by atoms with E-state index in [4.69, 9.17) is 15.2 Å². The number of hydrogen-bond acceptors (Lipinski definition) is 6. The molecule has 4 aromatic rings. The Bertz CT molecular complexity index is 1630. The number of nitrogens with one attached hydrogen (secondary N) is 1. The lowest BCUT2D eigenvalue weighted by atomic mass is 10.0. The number of phenols is 1. The number of benzene rings is 2. The number of methoxy groups -OCH3 is 1. The maximum atomic E-state index is 14.6. The number of phenolic OH excluding ortho intramolecular Hbond substituents is 1. The van der Waals surface area contributed by atoms with Crippen LogP contribution in [0, 0.1) is 17.5 Å². The van der Waals surface area contributed by atoms with Gasteiger partial charge in [-0.1, -0.05) is 0 Å². The van der Waals surface area contributed by atoms with Crippen LogP contribution in [0.1, 0.15) is 16.1 Å². The summed E-state index contributed by atoms with van der Waals surface area (Å²) in [4.78, 5) is 31.3. The monoisotopic (exact) mass is 525 g/mol. The standard InChI is InChI=1S/C23H13F6N3O5/c1-36-21-17(32-12-4-5-31-18(22(30)35)15(12)20(21)34)8-6-11(25)9(23(27,28)29)7-14(8)37-13-3-2-10(24)16(26)19(13)33/h2-7,33H,1H3,(H2,30,35)(H,32,34). The zero-order valence-corrected chi connectivity index (χ0v) is 18.3. The van der Waals surface area contributed by atoms with Gasteiger partial charge >= 0.3 is 6.18 Å². The molecule has 0 aliphatic rings. The molecule has 0 spiro atoms. The SMILES string of the molecule is COc1c(-c2cc(F)c(C(F)(F)F)cc2Oc2ccc(F)c(F)c2O)[nH]c2ccnc(C(N)=O)c2c1=O. The zero-order chi connectivity index (χ0) is 27.2. The van der Waals surface area contributed by atoms with E-state index in [1.54, 1.807) is 0 Å². The average Bonchev–Trinajstić information content (AvgIpc) is 2.83. The first-order valence-electron chi connectivity index (χ1n) is 9.99. The number of nitrogens with two attached hydrogens (primary N) is 1. The molecule has 4 N–H and O–H groups in total. The molecule has 0 saturated heterocycles. The summed E-state index contributed by atoms with van der Waals surface area (Å²) in [6, 6.07) is 3.06. The maximum absolute atomic E-state index is 14.6. The number of nitrogens with zero attached hydrogens (tertiary/aromatic N) is 1. The van der Waals surface area contributed by atoms with Crippen LogP contribution in [-0.4, -0.2) is 28.1 Å². The topological polar surface area (TPSA) is 128 Å². The number of aromatic nitrogens is 2. The van der Waals surface area contributed by atoms with E-state index in [1.165, 1.54) is 6.07 Å². The number of rotatable bonds is 5. The molecule has 0 fully saturated rings. The number of fused-ring (bicyclic) bond motifs is 1. The van der Waals surface area contributed by atoms with Crippen LogP contribution in [0.2, 0.25) is 0 Å². The number of pyridine rings is 2. The number of alkyl halides is 3. The molecule has 0 unspecified atom stereocenters. The predicted octanol–water partition coefficient (Wildman–Crippen LogP) is 4.63. The van der Waals surface area contributed by atoms with Crippen molar-refractivity contribution in [2.75, 3.05) is 7.11 Å². The van der Waals surface area contributed by atoms with Gasteiger partial charge in [-0.15, -0.1) is 0 Å². The van der Waals surface area contributed by atoms with E-state index in [2.05, 4.69) is 9.97 Å². The number of amides is 1. The summed E-state index contributed by atoms with van der Waals surface area (Å²) >= 11 is 0. The fraction of sp³-hybridized carbons (Fsp3) is 0.0870. The summed E-state index contributed by atoms with van der Waals surface area (Å²) in [5.41, 5.74) is 1.02. The Labute approximate surface area is 201 Å². The van der Waals surface area contributed by atoms with Gasteiger partial charge in [-0.3, -0.25) is 14.6 Å². The molecule has 0 radical (unpaired) electrons. The number of carbonyl (C=O) groups excluding carboxylic acids is 1. The van der Waals surface area contributed by atoms with Crippen LogP contribution in [0.3, 0.4) is 0 Å². The molecule has 0 saturated carbocycles. The van der Waals surface area contributed by atoms with Gasteiger partial charge in [0, 0.05) is 11.8 Å². The summed E-state index contributed by atoms with van der Waals surface area (Å²) in [5, 5.41) is 9.57. The Morgan fingerprint density at radius 1 is 1.08 bits per heavy atom. The van der Waals surface area contributed by atoms with Crippen molar-refractivity contribution in [3.63, 3.8) is 0 Å². The van der Waals surface area contributed by atoms with Crippen molar-refractivity contribution < 1.29 is 45.7 Å². The van der Waals surface area contributed by atoms with Crippen molar-refractivity contribution in [3.05, 3.63) is 75.5 Å². The minimum Gasteiger partial charge on any atom is -0.502 e. The second-order valence-electron chi connectivity index (χ2n) is 7.44. The number of primary amides is 1. The highest BCUT2D eigenvalue weighted by Crippen LogP contribution is 2.44. The van der Waals surface area contributed by atoms with Gasteiger partial charge in [-0.25, -0.2) is 8.78 Å². The number of H-pyrrole nitrogens is 1. The number of ether oxygens (including phenoxy) is 2. The van der Waals surface area contributed by atoms with E-state index in [9.17, 15) is 41.0 Å². The Hall–Kier alpha value is -4.75. The lowest BCUT2D eigenvalue weighted by Crippen LogP contribution is -2.19. The first-order chi connectivity index (χ1) is 17.3. The van der Waals surface area contributed by atoms with Crippen LogP contribution < -0.4 is 20.6 Å². The van der Waals surface area contributed by atoms with Crippen LogP contribution in [0.4, 0.5) is 26.3 Å². The predicted molar refractivity (Wildman–Crippen MR) is 116 cm³/mol. The Morgan fingerprint density at radius 2 is 1.78 bits per heavy atom. The fourth-order valence-corrected chi connectivity index (χ4v) is 3.56. The first kappa shape index (κ1) is 25.3. The summed E-state index contributed by atoms with van der Waals surface area (Å²) in [5.74, 6) is -9.68. The number of hydrogen-bond donors (Lipinski definition) is 3. The molecule has 37 heavy (non-hydrogen) atoms. The third kappa shape index (κ3) is 4.37. The van der Waals surface area contributed by atoms with Crippen LogP contribution in [0.15, 0.2) is 41.3 Å². The molecule has 0 atom stereocenters. The molecular weight excluding hydrogens is 512 g/mol. The summed E-state index contributed by atoms with van der Waals surface area (Å²) in [6.45, 7) is 0. The van der Waals surface area contributed by atoms with Crippen molar-refractivity contribution in [1.82, 2.24) is 9.97 Å². The molecule has 2 heterocycles. The maximum Gasteiger partial charge on any atom is 0.419 e. The Morgan fingerprint density at radius 3 is 2.41 bits per heavy atom. The minimum absolute atomic E-state index is 0.0773. The second-order valence-corrected chi connectivity index (χ2v) is 7.44. The van der Waals surface area contributed by atoms with Gasteiger partial charge in [-0.05, 0) is 30.3 Å². The number of aromatic amines is 1. The van der Waals surface area contributed by atoms with E-state index in [0.29, 0.717) is 12.1 Å².